The van der Waals surface area contributed by atoms with Crippen LogP contribution in [0.2, 0.25) is 0 Å². The van der Waals surface area contributed by atoms with E-state index in [1.165, 1.54) is 11.3 Å². The fourth-order valence-corrected chi connectivity index (χ4v) is 1.63. The third-order valence-electron chi connectivity index (χ3n) is 1.44. The minimum atomic E-state index is 0.703. The Morgan fingerprint density at radius 1 is 1.40 bits per heavy atom. The second-order valence-electron chi connectivity index (χ2n) is 2.54. The van der Waals surface area contributed by atoms with Crippen LogP contribution in [0, 0.1) is 6.92 Å². The second kappa shape index (κ2) is 3.38. The molecule has 0 aliphatic heterocycles. The molecule has 0 radical (unpaired) electrons. The molecule has 0 unspecified atom stereocenters. The number of nitrogens with zero attached hydrogens (tertiary/aromatic N) is 1. The summed E-state index contributed by atoms with van der Waals surface area (Å²) >= 11 is 0.703. The second-order valence-corrected chi connectivity index (χ2v) is 6.22. The van der Waals surface area contributed by atoms with E-state index in [1.54, 1.807) is 0 Å². The summed E-state index contributed by atoms with van der Waals surface area (Å²) in [5.74, 6) is 0. The molecule has 0 aliphatic rings. The fourth-order valence-electron chi connectivity index (χ4n) is 0.865. The van der Waals surface area contributed by atoms with Crippen LogP contribution in [0.1, 0.15) is 5.56 Å². The van der Waals surface area contributed by atoms with Crippen molar-refractivity contribution in [1.29, 1.82) is 0 Å². The molecule has 0 saturated carbocycles. The van der Waals surface area contributed by atoms with Crippen molar-refractivity contribution in [2.75, 3.05) is 9.71 Å². The van der Waals surface area contributed by atoms with Crippen LogP contribution in [0.4, 0.5) is 5.69 Å². The van der Waals surface area contributed by atoms with Crippen LogP contribution in [-0.4, -0.2) is 7.05 Å². The zero-order chi connectivity index (χ0) is 7.56. The molecule has 0 N–H and O–H groups in total. The molecule has 2 heteroatoms. The van der Waals surface area contributed by atoms with Gasteiger partial charge in [-0.05, 0) is 0 Å². The van der Waals surface area contributed by atoms with Crippen molar-refractivity contribution in [2.45, 2.75) is 6.92 Å². The van der Waals surface area contributed by atoms with E-state index in [9.17, 15) is 0 Å². The van der Waals surface area contributed by atoms with Gasteiger partial charge in [0.15, 0.2) is 0 Å². The van der Waals surface area contributed by atoms with Gasteiger partial charge in [-0.3, -0.25) is 0 Å². The van der Waals surface area contributed by atoms with Crippen molar-refractivity contribution in [3.05, 3.63) is 29.8 Å². The Labute approximate surface area is 78.4 Å². The summed E-state index contributed by atoms with van der Waals surface area (Å²) in [6, 6.07) is 8.60. The fraction of sp³-hybridized carbons (Fsp3) is 0.250. The van der Waals surface area contributed by atoms with E-state index in [4.69, 9.17) is 0 Å². The molecule has 0 fully saturated rings. The third-order valence-corrected chi connectivity index (χ3v) is 2.86. The molecule has 0 atom stereocenters. The number of anilines is 1. The Hall–Kier alpha value is -0.0449. The van der Waals surface area contributed by atoms with Gasteiger partial charge >= 0.3 is 78.6 Å². The van der Waals surface area contributed by atoms with Crippen molar-refractivity contribution >= 4 is 5.69 Å². The van der Waals surface area contributed by atoms with Crippen molar-refractivity contribution in [2.24, 2.45) is 0 Å². The summed E-state index contributed by atoms with van der Waals surface area (Å²) < 4.78 is 2.30. The first kappa shape index (κ1) is 8.06. The monoisotopic (exact) mass is 322 g/mol. The van der Waals surface area contributed by atoms with Crippen molar-refractivity contribution in [3.8, 4) is 0 Å². The van der Waals surface area contributed by atoms with E-state index in [1.807, 2.05) is 0 Å². The van der Waals surface area contributed by atoms with Gasteiger partial charge in [0.05, 0.1) is 0 Å². The summed E-state index contributed by atoms with van der Waals surface area (Å²) in [7, 11) is 2.14. The number of aryl methyl sites for hydroxylation is 1. The van der Waals surface area contributed by atoms with E-state index in [-0.39, 0.29) is 0 Å². The van der Waals surface area contributed by atoms with E-state index in [0.29, 0.717) is 26.4 Å². The van der Waals surface area contributed by atoms with Gasteiger partial charge in [-0.2, -0.15) is 0 Å². The number of benzene rings is 1. The van der Waals surface area contributed by atoms with Crippen molar-refractivity contribution in [3.63, 3.8) is 0 Å². The molecule has 10 heavy (non-hydrogen) atoms. The van der Waals surface area contributed by atoms with Crippen molar-refractivity contribution in [1.82, 2.24) is 0 Å². The number of hydrogen-bond donors (Lipinski definition) is 0. The number of hydrogen-bond acceptors (Lipinski definition) is 1. The van der Waals surface area contributed by atoms with E-state index < -0.39 is 0 Å². The molecule has 1 nitrogen and oxygen atoms in total. The molecule has 0 heterocycles. The van der Waals surface area contributed by atoms with Crippen LogP contribution in [0.5, 0.6) is 0 Å². The van der Waals surface area contributed by atoms with Crippen LogP contribution in [-0.2, 0) is 26.4 Å². The Morgan fingerprint density at radius 3 is 2.50 bits per heavy atom. The molecule has 0 aliphatic carbocycles. The summed E-state index contributed by atoms with van der Waals surface area (Å²) in [5.41, 5.74) is 2.69. The quantitative estimate of drug-likeness (QED) is 0.714. The maximum atomic E-state index is 2.30. The summed E-state index contributed by atoms with van der Waals surface area (Å²) in [5, 5.41) is 0. The molecule has 0 spiro atoms. The molecule has 0 saturated heterocycles. The molecule has 1 aromatic rings. The van der Waals surface area contributed by atoms with E-state index in [0.717, 1.165) is 0 Å². The van der Waals surface area contributed by atoms with Gasteiger partial charge < -0.3 is 0 Å². The zero-order valence-corrected chi connectivity index (χ0v) is 12.0. The topological polar surface area (TPSA) is 3.24 Å². The molecular weight excluding hydrogens is 311 g/mol. The van der Waals surface area contributed by atoms with Crippen LogP contribution in [0.3, 0.4) is 0 Å². The van der Waals surface area contributed by atoms with Crippen LogP contribution >= 0.6 is 0 Å². The third kappa shape index (κ3) is 1.98. The standard InChI is InChI=1S/C8H10N.Hg/c1-7-4-3-5-8(6-7)9-2;/h3-6H,1-2H3;/q-1;+1. The summed E-state index contributed by atoms with van der Waals surface area (Å²) in [4.78, 5) is 0. The van der Waals surface area contributed by atoms with E-state index >= 15 is 0 Å². The maximum absolute atomic E-state index is 2.30. The van der Waals surface area contributed by atoms with Crippen molar-refractivity contribution < 1.29 is 26.4 Å². The minimum absolute atomic E-state index is 0.703. The first-order valence-electron chi connectivity index (χ1n) is 3.31. The Morgan fingerprint density at radius 2 is 2.10 bits per heavy atom. The first-order valence-corrected chi connectivity index (χ1v) is 5.77. The summed E-state index contributed by atoms with van der Waals surface area (Å²) in [6.45, 7) is 2.13. The number of rotatable bonds is 1. The van der Waals surface area contributed by atoms with Gasteiger partial charge in [-0.1, -0.05) is 0 Å². The van der Waals surface area contributed by atoms with Gasteiger partial charge in [0.2, 0.25) is 0 Å². The summed E-state index contributed by atoms with van der Waals surface area (Å²) in [6.07, 6.45) is 0. The molecule has 49 valence electrons. The van der Waals surface area contributed by atoms with Crippen LogP contribution in [0.25, 0.3) is 0 Å². The molecule has 1 aromatic carbocycles. The van der Waals surface area contributed by atoms with Gasteiger partial charge in [-0.15, -0.1) is 0 Å². The van der Waals surface area contributed by atoms with Gasteiger partial charge in [0.1, 0.15) is 0 Å². The Bertz CT molecular complexity index is 220. The average molecular weight is 321 g/mol. The Balaban J connectivity index is 2.96. The molecule has 0 amide bonds. The van der Waals surface area contributed by atoms with Gasteiger partial charge in [0, 0.05) is 0 Å². The average Bonchev–Trinajstić information content (AvgIpc) is 1.88. The Kier molecular flexibility index (Phi) is 2.72. The zero-order valence-electron chi connectivity index (χ0n) is 6.46. The molecule has 0 bridgehead atoms. The SMILES string of the molecule is Cc1cccc([N](C)[Hg])c1. The van der Waals surface area contributed by atoms with Crippen LogP contribution < -0.4 is 2.66 Å². The van der Waals surface area contributed by atoms with Gasteiger partial charge in [0.25, 0.3) is 0 Å². The normalized spacial score (nSPS) is 9.60. The van der Waals surface area contributed by atoms with E-state index in [2.05, 4.69) is 40.9 Å². The molecule has 1 rings (SSSR count). The van der Waals surface area contributed by atoms with Crippen LogP contribution in [0.15, 0.2) is 24.3 Å². The predicted octanol–water partition coefficient (Wildman–Crippen LogP) is 1.89. The predicted molar refractivity (Wildman–Crippen MR) is 39.6 cm³/mol. The first-order chi connectivity index (χ1) is 4.70. The molecule has 0 aromatic heterocycles. The molecular formula is C8H10HgN. The van der Waals surface area contributed by atoms with Gasteiger partial charge in [-0.25, -0.2) is 0 Å².